The lowest BCUT2D eigenvalue weighted by molar-refractivity contribution is -0.663. The first-order valence-electron chi connectivity index (χ1n) is 8.33. The number of hydrogen-bond acceptors (Lipinski definition) is 2. The quantitative estimate of drug-likeness (QED) is 0.579. The van der Waals surface area contributed by atoms with Crippen molar-refractivity contribution in [2.45, 2.75) is 20.4 Å². The summed E-state index contributed by atoms with van der Waals surface area (Å²) in [7, 11) is 0. The SMILES string of the molecule is C=C1C=CN(CC)c2ccccc21.CC[n+]1csc2ccccc21. The van der Waals surface area contributed by atoms with Crippen LogP contribution < -0.4 is 9.47 Å². The van der Waals surface area contributed by atoms with Gasteiger partial charge in [-0.15, -0.1) is 0 Å². The Kier molecular flexibility index (Phi) is 5.11. The third-order valence-corrected chi connectivity index (χ3v) is 5.14. The highest BCUT2D eigenvalue weighted by Gasteiger charge is 2.12. The van der Waals surface area contributed by atoms with E-state index >= 15 is 0 Å². The minimum Gasteiger partial charge on any atom is -0.348 e. The Hall–Kier alpha value is -2.39. The Balaban J connectivity index is 0.000000143. The maximum Gasteiger partial charge on any atom is 0.225 e. The Morgan fingerprint density at radius 2 is 1.79 bits per heavy atom. The van der Waals surface area contributed by atoms with Gasteiger partial charge in [-0.05, 0) is 37.6 Å². The van der Waals surface area contributed by atoms with Gasteiger partial charge in [-0.1, -0.05) is 48.2 Å². The maximum atomic E-state index is 4.01. The fourth-order valence-corrected chi connectivity index (χ4v) is 3.80. The van der Waals surface area contributed by atoms with Gasteiger partial charge in [0.15, 0.2) is 0 Å². The molecular weight excluding hydrogens is 312 g/mol. The van der Waals surface area contributed by atoms with Crippen LogP contribution in [0.15, 0.2) is 72.9 Å². The predicted octanol–water partition coefficient (Wildman–Crippen LogP) is 5.26. The fraction of sp³-hybridized carbons (Fsp3) is 0.190. The topological polar surface area (TPSA) is 7.12 Å². The number of allylic oxidation sites excluding steroid dienone is 2. The largest absolute Gasteiger partial charge is 0.348 e. The molecule has 0 spiro atoms. The van der Waals surface area contributed by atoms with E-state index in [0.29, 0.717) is 0 Å². The van der Waals surface area contributed by atoms with Crippen LogP contribution in [0.2, 0.25) is 0 Å². The number of aromatic nitrogens is 1. The van der Waals surface area contributed by atoms with E-state index in [4.69, 9.17) is 0 Å². The number of aryl methyl sites for hydroxylation is 1. The first-order chi connectivity index (χ1) is 11.7. The average molecular weight is 335 g/mol. The van der Waals surface area contributed by atoms with Gasteiger partial charge in [-0.25, -0.2) is 0 Å². The molecule has 0 unspecified atom stereocenters. The Bertz CT molecular complexity index is 876. The van der Waals surface area contributed by atoms with Gasteiger partial charge in [-0.2, -0.15) is 4.57 Å². The van der Waals surface area contributed by atoms with Crippen LogP contribution in [0.3, 0.4) is 0 Å². The van der Waals surface area contributed by atoms with Crippen LogP contribution in [0.1, 0.15) is 19.4 Å². The molecule has 1 aliphatic heterocycles. The van der Waals surface area contributed by atoms with E-state index in [-0.39, 0.29) is 0 Å². The van der Waals surface area contributed by atoms with Crippen molar-refractivity contribution < 1.29 is 4.57 Å². The molecule has 0 saturated heterocycles. The molecule has 0 saturated carbocycles. The molecule has 4 rings (SSSR count). The molecule has 24 heavy (non-hydrogen) atoms. The van der Waals surface area contributed by atoms with E-state index in [1.165, 1.54) is 21.5 Å². The van der Waals surface area contributed by atoms with Crippen LogP contribution in [0.5, 0.6) is 0 Å². The van der Waals surface area contributed by atoms with Gasteiger partial charge < -0.3 is 4.90 Å². The number of hydrogen-bond donors (Lipinski definition) is 0. The zero-order chi connectivity index (χ0) is 16.9. The van der Waals surface area contributed by atoms with Crippen molar-refractivity contribution in [3.05, 3.63) is 78.5 Å². The van der Waals surface area contributed by atoms with Crippen molar-refractivity contribution in [1.82, 2.24) is 0 Å². The molecule has 0 radical (unpaired) electrons. The maximum absolute atomic E-state index is 4.01. The lowest BCUT2D eigenvalue weighted by Crippen LogP contribution is -2.29. The van der Waals surface area contributed by atoms with E-state index in [1.807, 2.05) is 0 Å². The number of thiazole rings is 1. The number of anilines is 1. The Labute approximate surface area is 148 Å². The molecule has 0 bridgehead atoms. The number of para-hydroxylation sites is 2. The van der Waals surface area contributed by atoms with Crippen molar-refractivity contribution in [1.29, 1.82) is 0 Å². The minimum atomic E-state index is 1.00. The van der Waals surface area contributed by atoms with Gasteiger partial charge in [0.1, 0.15) is 11.2 Å². The lowest BCUT2D eigenvalue weighted by atomic mass is 10.0. The van der Waals surface area contributed by atoms with Gasteiger partial charge in [-0.3, -0.25) is 0 Å². The van der Waals surface area contributed by atoms with E-state index in [0.717, 1.165) is 18.7 Å². The Morgan fingerprint density at radius 3 is 2.58 bits per heavy atom. The predicted molar refractivity (Wildman–Crippen MR) is 105 cm³/mol. The second-order valence-electron chi connectivity index (χ2n) is 5.62. The Morgan fingerprint density at radius 1 is 1.04 bits per heavy atom. The molecule has 0 fully saturated rings. The highest BCUT2D eigenvalue weighted by Crippen LogP contribution is 2.30. The molecule has 2 nitrogen and oxygen atoms in total. The zero-order valence-corrected chi connectivity index (χ0v) is 15.1. The van der Waals surface area contributed by atoms with Crippen LogP contribution in [0.25, 0.3) is 15.8 Å². The summed E-state index contributed by atoms with van der Waals surface area (Å²) in [5.41, 5.74) is 7.12. The van der Waals surface area contributed by atoms with Gasteiger partial charge >= 0.3 is 0 Å². The molecule has 0 amide bonds. The van der Waals surface area contributed by atoms with Gasteiger partial charge in [0.05, 0.1) is 0 Å². The van der Waals surface area contributed by atoms with Crippen LogP contribution in [0, 0.1) is 0 Å². The van der Waals surface area contributed by atoms with Gasteiger partial charge in [0, 0.05) is 30.1 Å². The number of nitrogens with zero attached hydrogens (tertiary/aromatic N) is 2. The molecule has 0 N–H and O–H groups in total. The molecule has 3 aromatic rings. The summed E-state index contributed by atoms with van der Waals surface area (Å²) in [6, 6.07) is 16.9. The molecule has 1 aliphatic rings. The van der Waals surface area contributed by atoms with Crippen LogP contribution in [0.4, 0.5) is 5.69 Å². The van der Waals surface area contributed by atoms with Crippen molar-refractivity contribution in [2.24, 2.45) is 0 Å². The second kappa shape index (κ2) is 7.45. The number of fused-ring (bicyclic) bond motifs is 2. The minimum absolute atomic E-state index is 1.00. The van der Waals surface area contributed by atoms with Gasteiger partial charge in [0.25, 0.3) is 0 Å². The van der Waals surface area contributed by atoms with E-state index in [2.05, 4.69) is 96.2 Å². The monoisotopic (exact) mass is 335 g/mol. The van der Waals surface area contributed by atoms with E-state index < -0.39 is 0 Å². The third kappa shape index (κ3) is 3.26. The molecule has 2 heterocycles. The number of benzene rings is 2. The molecular formula is C21H23N2S+. The van der Waals surface area contributed by atoms with Crippen LogP contribution in [-0.2, 0) is 6.54 Å². The molecule has 0 atom stereocenters. The first-order valence-corrected chi connectivity index (χ1v) is 9.21. The van der Waals surface area contributed by atoms with Crippen molar-refractivity contribution >= 4 is 32.8 Å². The highest BCUT2D eigenvalue weighted by molar-refractivity contribution is 7.16. The van der Waals surface area contributed by atoms with Crippen molar-refractivity contribution in [3.8, 4) is 0 Å². The van der Waals surface area contributed by atoms with E-state index in [9.17, 15) is 0 Å². The molecule has 2 aromatic carbocycles. The summed E-state index contributed by atoms with van der Waals surface area (Å²) in [4.78, 5) is 2.23. The molecule has 122 valence electrons. The third-order valence-electron chi connectivity index (χ3n) is 4.18. The summed E-state index contributed by atoms with van der Waals surface area (Å²) in [6.07, 6.45) is 4.15. The molecule has 1 aromatic heterocycles. The lowest BCUT2D eigenvalue weighted by Gasteiger charge is -2.25. The van der Waals surface area contributed by atoms with Crippen molar-refractivity contribution in [2.75, 3.05) is 11.4 Å². The smallest absolute Gasteiger partial charge is 0.225 e. The van der Waals surface area contributed by atoms with Crippen LogP contribution in [-0.4, -0.2) is 6.54 Å². The van der Waals surface area contributed by atoms with Crippen LogP contribution >= 0.6 is 11.3 Å². The average Bonchev–Trinajstić information content (AvgIpc) is 3.06. The zero-order valence-electron chi connectivity index (χ0n) is 14.3. The second-order valence-corrected chi connectivity index (χ2v) is 6.51. The summed E-state index contributed by atoms with van der Waals surface area (Å²) < 4.78 is 3.63. The number of rotatable bonds is 2. The van der Waals surface area contributed by atoms with Crippen molar-refractivity contribution in [3.63, 3.8) is 0 Å². The molecule has 3 heteroatoms. The van der Waals surface area contributed by atoms with E-state index in [1.54, 1.807) is 11.3 Å². The normalized spacial score (nSPS) is 12.8. The molecule has 0 aliphatic carbocycles. The van der Waals surface area contributed by atoms with Gasteiger partial charge in [0.2, 0.25) is 11.0 Å². The summed E-state index contributed by atoms with van der Waals surface area (Å²) in [5, 5.41) is 0. The highest BCUT2D eigenvalue weighted by atomic mass is 32.1. The fourth-order valence-electron chi connectivity index (χ4n) is 2.84. The standard InChI is InChI=1S/C12H13N.C9H10NS/c1-3-13-9-8-10(2)11-6-4-5-7-12(11)13;1-2-10-7-11-9-6-4-3-5-8(9)10/h4-9H,2-3H2,1H3;3-7H,2H2,1H3/q;+1. The summed E-state index contributed by atoms with van der Waals surface area (Å²) in [6.45, 7) is 10.4. The first kappa shape index (κ1) is 16.5. The summed E-state index contributed by atoms with van der Waals surface area (Å²) in [5.74, 6) is 0. The summed E-state index contributed by atoms with van der Waals surface area (Å²) >= 11 is 1.80.